The molecule has 1 amide bonds. The number of nitrogens with one attached hydrogen (secondary N) is 1. The quantitative estimate of drug-likeness (QED) is 0.331. The Labute approximate surface area is 204 Å². The highest BCUT2D eigenvalue weighted by Gasteiger charge is 2.27. The third-order valence-electron chi connectivity index (χ3n) is 5.07. The lowest BCUT2D eigenvalue weighted by Crippen LogP contribution is -2.38. The van der Waals surface area contributed by atoms with Gasteiger partial charge in [-0.05, 0) is 55.5 Å². The first kappa shape index (κ1) is 23.6. The van der Waals surface area contributed by atoms with Gasteiger partial charge in [0.2, 0.25) is 5.91 Å². The first-order chi connectivity index (χ1) is 16.4. The second-order valence-electron chi connectivity index (χ2n) is 7.62. The predicted molar refractivity (Wildman–Crippen MR) is 138 cm³/mol. The molecule has 0 aliphatic carbocycles. The molecule has 0 heterocycles. The summed E-state index contributed by atoms with van der Waals surface area (Å²) in [7, 11) is -3.95. The minimum Gasteiger partial charge on any atom is -0.323 e. The highest BCUT2D eigenvalue weighted by atomic mass is 32.2. The van der Waals surface area contributed by atoms with Gasteiger partial charge in [0.25, 0.3) is 10.0 Å². The molecule has 7 heteroatoms. The van der Waals surface area contributed by atoms with Gasteiger partial charge in [-0.3, -0.25) is 9.10 Å². The van der Waals surface area contributed by atoms with Crippen LogP contribution < -0.4 is 9.62 Å². The van der Waals surface area contributed by atoms with Gasteiger partial charge in [-0.15, -0.1) is 0 Å². The molecule has 0 saturated carbocycles. The maximum absolute atomic E-state index is 13.5. The van der Waals surface area contributed by atoms with Crippen molar-refractivity contribution in [2.75, 3.05) is 16.2 Å². The van der Waals surface area contributed by atoms with Crippen LogP contribution >= 0.6 is 11.8 Å². The highest BCUT2D eigenvalue weighted by Crippen LogP contribution is 2.33. The molecule has 5 nitrogen and oxygen atoms in total. The number of aryl methyl sites for hydroxylation is 1. The van der Waals surface area contributed by atoms with Crippen LogP contribution in [0.4, 0.5) is 11.4 Å². The van der Waals surface area contributed by atoms with E-state index in [0.717, 1.165) is 19.7 Å². The molecule has 4 aromatic carbocycles. The normalized spacial score (nSPS) is 11.1. The molecule has 34 heavy (non-hydrogen) atoms. The van der Waals surface area contributed by atoms with Gasteiger partial charge in [0.1, 0.15) is 6.54 Å². The van der Waals surface area contributed by atoms with E-state index >= 15 is 0 Å². The number of carbonyl (C=O) groups is 1. The van der Waals surface area contributed by atoms with Gasteiger partial charge >= 0.3 is 0 Å². The third-order valence-corrected chi connectivity index (χ3v) is 7.94. The lowest BCUT2D eigenvalue weighted by atomic mass is 10.2. The van der Waals surface area contributed by atoms with Crippen LogP contribution in [0.5, 0.6) is 0 Å². The van der Waals surface area contributed by atoms with E-state index in [1.54, 1.807) is 54.6 Å². The van der Waals surface area contributed by atoms with Crippen LogP contribution in [0.1, 0.15) is 5.56 Å². The van der Waals surface area contributed by atoms with E-state index in [4.69, 9.17) is 0 Å². The second-order valence-corrected chi connectivity index (χ2v) is 10.6. The van der Waals surface area contributed by atoms with E-state index in [0.29, 0.717) is 11.4 Å². The largest absolute Gasteiger partial charge is 0.323 e. The zero-order valence-corrected chi connectivity index (χ0v) is 20.2. The van der Waals surface area contributed by atoms with Crippen LogP contribution in [0.3, 0.4) is 0 Å². The van der Waals surface area contributed by atoms with E-state index in [1.807, 2.05) is 61.5 Å². The Hall–Kier alpha value is -3.55. The van der Waals surface area contributed by atoms with Gasteiger partial charge in [-0.1, -0.05) is 78.0 Å². The Kier molecular flexibility index (Phi) is 7.35. The van der Waals surface area contributed by atoms with Gasteiger partial charge in [0, 0.05) is 9.79 Å². The Morgan fingerprint density at radius 3 is 2.06 bits per heavy atom. The summed E-state index contributed by atoms with van der Waals surface area (Å²) in [5, 5.41) is 2.90. The zero-order chi connectivity index (χ0) is 24.0. The summed E-state index contributed by atoms with van der Waals surface area (Å²) in [6, 6.07) is 32.6. The molecular formula is C27H24N2O3S2. The summed E-state index contributed by atoms with van der Waals surface area (Å²) in [6.45, 7) is 1.54. The fraction of sp³-hybridized carbons (Fsp3) is 0.0741. The number of hydrogen-bond donors (Lipinski definition) is 1. The van der Waals surface area contributed by atoms with E-state index < -0.39 is 15.9 Å². The topological polar surface area (TPSA) is 66.5 Å². The molecule has 172 valence electrons. The number of amides is 1. The molecule has 0 atom stereocenters. The zero-order valence-electron chi connectivity index (χ0n) is 18.6. The van der Waals surface area contributed by atoms with E-state index in [-0.39, 0.29) is 11.4 Å². The molecule has 0 radical (unpaired) electrons. The third kappa shape index (κ3) is 5.68. The molecule has 0 aliphatic rings. The summed E-state index contributed by atoms with van der Waals surface area (Å²) < 4.78 is 28.1. The van der Waals surface area contributed by atoms with Crippen molar-refractivity contribution in [3.63, 3.8) is 0 Å². The molecular weight excluding hydrogens is 464 g/mol. The van der Waals surface area contributed by atoms with Crippen molar-refractivity contribution < 1.29 is 13.2 Å². The van der Waals surface area contributed by atoms with Crippen LogP contribution in [0.15, 0.2) is 124 Å². The highest BCUT2D eigenvalue weighted by molar-refractivity contribution is 7.99. The SMILES string of the molecule is Cc1ccc(S(=O)(=O)N(CC(=O)Nc2ccccc2Sc2ccccc2)c2ccccc2)cc1. The van der Waals surface area contributed by atoms with Crippen molar-refractivity contribution in [3.8, 4) is 0 Å². The molecule has 4 rings (SSSR count). The summed E-state index contributed by atoms with van der Waals surface area (Å²) in [4.78, 5) is 15.1. The van der Waals surface area contributed by atoms with Gasteiger partial charge in [-0.2, -0.15) is 0 Å². The second kappa shape index (κ2) is 10.6. The number of anilines is 2. The molecule has 0 bridgehead atoms. The average molecular weight is 489 g/mol. The van der Waals surface area contributed by atoms with Crippen molar-refractivity contribution in [2.45, 2.75) is 21.6 Å². The van der Waals surface area contributed by atoms with Crippen LogP contribution in [-0.4, -0.2) is 20.9 Å². The first-order valence-electron chi connectivity index (χ1n) is 10.7. The van der Waals surface area contributed by atoms with Crippen molar-refractivity contribution in [1.82, 2.24) is 0 Å². The molecule has 0 fully saturated rings. The molecule has 0 aliphatic heterocycles. The van der Waals surface area contributed by atoms with E-state index in [9.17, 15) is 13.2 Å². The maximum atomic E-state index is 13.5. The Morgan fingerprint density at radius 1 is 0.794 bits per heavy atom. The number of rotatable bonds is 8. The Bertz CT molecular complexity index is 1360. The molecule has 0 unspecified atom stereocenters. The van der Waals surface area contributed by atoms with Crippen molar-refractivity contribution in [1.29, 1.82) is 0 Å². The van der Waals surface area contributed by atoms with Crippen LogP contribution in [0, 0.1) is 6.92 Å². The summed E-state index contributed by atoms with van der Waals surface area (Å²) in [6.07, 6.45) is 0. The minimum absolute atomic E-state index is 0.134. The van der Waals surface area contributed by atoms with Gasteiger partial charge < -0.3 is 5.32 Å². The minimum atomic E-state index is -3.95. The average Bonchev–Trinajstić information content (AvgIpc) is 2.85. The molecule has 0 saturated heterocycles. The lowest BCUT2D eigenvalue weighted by Gasteiger charge is -2.24. The molecule has 4 aromatic rings. The summed E-state index contributed by atoms with van der Waals surface area (Å²) in [5.74, 6) is -0.430. The molecule has 0 spiro atoms. The van der Waals surface area contributed by atoms with Crippen LogP contribution in [-0.2, 0) is 14.8 Å². The summed E-state index contributed by atoms with van der Waals surface area (Å²) in [5.41, 5.74) is 2.00. The lowest BCUT2D eigenvalue weighted by molar-refractivity contribution is -0.114. The van der Waals surface area contributed by atoms with Crippen molar-refractivity contribution >= 4 is 39.1 Å². The van der Waals surface area contributed by atoms with Crippen molar-refractivity contribution in [2.24, 2.45) is 0 Å². The molecule has 0 aromatic heterocycles. The number of benzene rings is 4. The number of para-hydroxylation sites is 2. The van der Waals surface area contributed by atoms with Crippen LogP contribution in [0.2, 0.25) is 0 Å². The maximum Gasteiger partial charge on any atom is 0.264 e. The smallest absolute Gasteiger partial charge is 0.264 e. The standard InChI is InChI=1S/C27H24N2O3S2/c1-21-16-18-24(19-17-21)34(31,32)29(22-10-4-2-5-11-22)20-27(30)28-25-14-8-9-15-26(25)33-23-12-6-3-7-13-23/h2-19H,20H2,1H3,(H,28,30). The number of hydrogen-bond acceptors (Lipinski definition) is 4. The number of carbonyl (C=O) groups excluding carboxylic acids is 1. The van der Waals surface area contributed by atoms with Gasteiger partial charge in [0.05, 0.1) is 16.3 Å². The molecule has 1 N–H and O–H groups in total. The number of nitrogens with zero attached hydrogens (tertiary/aromatic N) is 1. The van der Waals surface area contributed by atoms with Crippen LogP contribution in [0.25, 0.3) is 0 Å². The van der Waals surface area contributed by atoms with E-state index in [1.165, 1.54) is 11.8 Å². The predicted octanol–water partition coefficient (Wildman–Crippen LogP) is 5.98. The van der Waals surface area contributed by atoms with Gasteiger partial charge in [-0.25, -0.2) is 8.42 Å². The fourth-order valence-electron chi connectivity index (χ4n) is 3.34. The Balaban J connectivity index is 1.60. The monoisotopic (exact) mass is 488 g/mol. The van der Waals surface area contributed by atoms with Crippen molar-refractivity contribution in [3.05, 3.63) is 115 Å². The number of sulfonamides is 1. The first-order valence-corrected chi connectivity index (χ1v) is 13.0. The summed E-state index contributed by atoms with van der Waals surface area (Å²) >= 11 is 1.53. The fourth-order valence-corrected chi connectivity index (χ4v) is 5.69. The van der Waals surface area contributed by atoms with E-state index in [2.05, 4.69) is 5.32 Å². The Morgan fingerprint density at radius 2 is 1.38 bits per heavy atom. The van der Waals surface area contributed by atoms with Gasteiger partial charge in [0.15, 0.2) is 0 Å².